The number of piperidine rings is 1. The first-order valence-corrected chi connectivity index (χ1v) is 10.7. The molecule has 0 saturated carbocycles. The van der Waals surface area contributed by atoms with Crippen molar-refractivity contribution in [1.29, 1.82) is 0 Å². The number of amides is 2. The predicted octanol–water partition coefficient (Wildman–Crippen LogP) is 5.07. The zero-order chi connectivity index (χ0) is 22.5. The Labute approximate surface area is 191 Å². The molecule has 32 heavy (non-hydrogen) atoms. The molecule has 1 aromatic heterocycles. The Morgan fingerprint density at radius 1 is 1.12 bits per heavy atom. The molecule has 0 bridgehead atoms. The Kier molecular flexibility index (Phi) is 6.75. The first kappa shape index (κ1) is 21.9. The number of urea groups is 1. The lowest BCUT2D eigenvalue weighted by atomic mass is 9.86. The summed E-state index contributed by atoms with van der Waals surface area (Å²) in [4.78, 5) is 19.0. The number of nitrogens with zero attached hydrogens (tertiary/aromatic N) is 2. The van der Waals surface area contributed by atoms with E-state index >= 15 is 0 Å². The first-order valence-electron chi connectivity index (χ1n) is 10.4. The van der Waals surface area contributed by atoms with Gasteiger partial charge in [-0.25, -0.2) is 14.2 Å². The lowest BCUT2D eigenvalue weighted by molar-refractivity contribution is 0.243. The van der Waals surface area contributed by atoms with Crippen molar-refractivity contribution < 1.29 is 13.9 Å². The third-order valence-corrected chi connectivity index (χ3v) is 5.86. The highest BCUT2D eigenvalue weighted by Crippen LogP contribution is 2.31. The number of nitrogens with one attached hydrogen (secondary N) is 2. The second-order valence-corrected chi connectivity index (χ2v) is 8.10. The SMILES string of the molecule is COc1ccc(C2CN(c3ccc(F)cn3)CCC2NC(=O)Nc2ccc(Cl)cc2)cc1. The van der Waals surface area contributed by atoms with Crippen LogP contribution in [0.15, 0.2) is 66.9 Å². The van der Waals surface area contributed by atoms with Crippen LogP contribution in [-0.2, 0) is 0 Å². The van der Waals surface area contributed by atoms with E-state index in [1.54, 1.807) is 37.4 Å². The average molecular weight is 455 g/mol. The van der Waals surface area contributed by atoms with Crippen LogP contribution in [0, 0.1) is 5.82 Å². The summed E-state index contributed by atoms with van der Waals surface area (Å²) in [6.07, 6.45) is 1.94. The van der Waals surface area contributed by atoms with E-state index < -0.39 is 0 Å². The Morgan fingerprint density at radius 3 is 2.53 bits per heavy atom. The van der Waals surface area contributed by atoms with Gasteiger partial charge in [-0.05, 0) is 60.5 Å². The number of anilines is 2. The van der Waals surface area contributed by atoms with Gasteiger partial charge in [-0.3, -0.25) is 0 Å². The summed E-state index contributed by atoms with van der Waals surface area (Å²) in [7, 11) is 1.63. The van der Waals surface area contributed by atoms with Crippen LogP contribution in [0.2, 0.25) is 5.02 Å². The minimum absolute atomic E-state index is 0.0116. The molecule has 6 nitrogen and oxygen atoms in total. The molecule has 8 heteroatoms. The lowest BCUT2D eigenvalue weighted by Crippen LogP contribution is -2.51. The van der Waals surface area contributed by atoms with E-state index in [4.69, 9.17) is 16.3 Å². The number of pyridine rings is 1. The molecular weight excluding hydrogens is 431 g/mol. The molecule has 1 aliphatic heterocycles. The Morgan fingerprint density at radius 2 is 1.88 bits per heavy atom. The second-order valence-electron chi connectivity index (χ2n) is 7.66. The topological polar surface area (TPSA) is 66.5 Å². The molecule has 2 unspecified atom stereocenters. The van der Waals surface area contributed by atoms with Gasteiger partial charge < -0.3 is 20.3 Å². The molecule has 1 aliphatic rings. The number of benzene rings is 2. The summed E-state index contributed by atoms with van der Waals surface area (Å²) < 4.78 is 18.6. The number of hydrogen-bond acceptors (Lipinski definition) is 4. The molecule has 4 rings (SSSR count). The maximum absolute atomic E-state index is 13.3. The van der Waals surface area contributed by atoms with E-state index in [0.29, 0.717) is 36.0 Å². The van der Waals surface area contributed by atoms with E-state index in [2.05, 4.69) is 20.5 Å². The number of aromatic nitrogens is 1. The first-order chi connectivity index (χ1) is 15.5. The monoisotopic (exact) mass is 454 g/mol. The highest BCUT2D eigenvalue weighted by atomic mass is 35.5. The van der Waals surface area contributed by atoms with Gasteiger partial charge >= 0.3 is 6.03 Å². The summed E-state index contributed by atoms with van der Waals surface area (Å²) in [6.45, 7) is 1.33. The fourth-order valence-electron chi connectivity index (χ4n) is 3.95. The fraction of sp³-hybridized carbons (Fsp3) is 0.250. The van der Waals surface area contributed by atoms with Crippen LogP contribution in [-0.4, -0.2) is 37.3 Å². The standard InChI is InChI=1S/C24H24ClFN4O2/c1-32-20-9-2-16(3-10-20)21-15-30(23-11-6-18(26)14-27-23)13-12-22(21)29-24(31)28-19-7-4-17(25)5-8-19/h2-11,14,21-22H,12-13,15H2,1H3,(H2,28,29,31). The minimum atomic E-state index is -0.365. The van der Waals surface area contributed by atoms with Crippen LogP contribution in [0.3, 0.4) is 0 Å². The van der Waals surface area contributed by atoms with Crippen molar-refractivity contribution in [3.8, 4) is 5.75 Å². The van der Waals surface area contributed by atoms with Crippen molar-refractivity contribution in [2.45, 2.75) is 18.4 Å². The van der Waals surface area contributed by atoms with Crippen molar-refractivity contribution in [3.05, 3.63) is 83.3 Å². The number of carbonyl (C=O) groups is 1. The highest BCUT2D eigenvalue weighted by molar-refractivity contribution is 6.30. The van der Waals surface area contributed by atoms with Crippen molar-refractivity contribution in [2.75, 3.05) is 30.4 Å². The molecule has 0 aliphatic carbocycles. The third kappa shape index (κ3) is 5.29. The molecule has 0 radical (unpaired) electrons. The third-order valence-electron chi connectivity index (χ3n) is 5.61. The average Bonchev–Trinajstić information content (AvgIpc) is 2.81. The quantitative estimate of drug-likeness (QED) is 0.565. The zero-order valence-corrected chi connectivity index (χ0v) is 18.3. The van der Waals surface area contributed by atoms with Crippen molar-refractivity contribution in [3.63, 3.8) is 0 Å². The van der Waals surface area contributed by atoms with Crippen LogP contribution in [0.4, 0.5) is 20.7 Å². The second kappa shape index (κ2) is 9.87. The molecule has 1 fully saturated rings. The highest BCUT2D eigenvalue weighted by Gasteiger charge is 2.32. The maximum Gasteiger partial charge on any atom is 0.319 e. The normalized spacial score (nSPS) is 18.2. The van der Waals surface area contributed by atoms with Gasteiger partial charge in [-0.1, -0.05) is 23.7 Å². The summed E-state index contributed by atoms with van der Waals surface area (Å²) in [5.41, 5.74) is 1.75. The molecule has 2 heterocycles. The molecule has 166 valence electrons. The number of halogens is 2. The summed E-state index contributed by atoms with van der Waals surface area (Å²) in [6, 6.07) is 17.5. The van der Waals surface area contributed by atoms with Crippen LogP contribution in [0.1, 0.15) is 17.9 Å². The molecule has 1 saturated heterocycles. The van der Waals surface area contributed by atoms with E-state index in [9.17, 15) is 9.18 Å². The van der Waals surface area contributed by atoms with E-state index in [0.717, 1.165) is 11.3 Å². The van der Waals surface area contributed by atoms with Crippen LogP contribution in [0.5, 0.6) is 5.75 Å². The molecule has 2 aromatic carbocycles. The number of methoxy groups -OCH3 is 1. The lowest BCUT2D eigenvalue weighted by Gasteiger charge is -2.39. The van der Waals surface area contributed by atoms with Crippen molar-refractivity contribution in [1.82, 2.24) is 10.3 Å². The summed E-state index contributed by atoms with van der Waals surface area (Å²) in [5.74, 6) is 1.13. The zero-order valence-electron chi connectivity index (χ0n) is 17.6. The summed E-state index contributed by atoms with van der Waals surface area (Å²) >= 11 is 5.92. The predicted molar refractivity (Wildman–Crippen MR) is 124 cm³/mol. The Hall–Kier alpha value is -3.32. The largest absolute Gasteiger partial charge is 0.497 e. The Balaban J connectivity index is 1.51. The number of rotatable bonds is 5. The van der Waals surface area contributed by atoms with Crippen LogP contribution in [0.25, 0.3) is 0 Å². The molecule has 2 amide bonds. The van der Waals surface area contributed by atoms with Gasteiger partial charge in [0.1, 0.15) is 17.4 Å². The van der Waals surface area contributed by atoms with Gasteiger partial charge in [0.25, 0.3) is 0 Å². The van der Waals surface area contributed by atoms with Gasteiger partial charge in [0, 0.05) is 35.8 Å². The maximum atomic E-state index is 13.3. The van der Waals surface area contributed by atoms with Gasteiger partial charge in [-0.15, -0.1) is 0 Å². The Bertz CT molecular complexity index is 1050. The van der Waals surface area contributed by atoms with Crippen molar-refractivity contribution >= 4 is 29.1 Å². The number of ether oxygens (including phenoxy) is 1. The number of hydrogen-bond donors (Lipinski definition) is 2. The van der Waals surface area contributed by atoms with Crippen LogP contribution < -0.4 is 20.3 Å². The molecule has 3 aromatic rings. The van der Waals surface area contributed by atoms with Gasteiger partial charge in [0.2, 0.25) is 0 Å². The summed E-state index contributed by atoms with van der Waals surface area (Å²) in [5, 5.41) is 6.59. The smallest absolute Gasteiger partial charge is 0.319 e. The van der Waals surface area contributed by atoms with E-state index in [-0.39, 0.29) is 23.8 Å². The van der Waals surface area contributed by atoms with Gasteiger partial charge in [-0.2, -0.15) is 0 Å². The molecule has 2 atom stereocenters. The molecule has 0 spiro atoms. The van der Waals surface area contributed by atoms with E-state index in [1.165, 1.54) is 12.3 Å². The molecular formula is C24H24ClFN4O2. The van der Waals surface area contributed by atoms with Crippen LogP contribution >= 0.6 is 11.6 Å². The minimum Gasteiger partial charge on any atom is -0.497 e. The molecule has 2 N–H and O–H groups in total. The fourth-order valence-corrected chi connectivity index (χ4v) is 4.07. The van der Waals surface area contributed by atoms with Gasteiger partial charge in [0.05, 0.1) is 13.3 Å². The number of carbonyl (C=O) groups excluding carboxylic acids is 1. The van der Waals surface area contributed by atoms with Gasteiger partial charge in [0.15, 0.2) is 0 Å². The van der Waals surface area contributed by atoms with Crippen molar-refractivity contribution in [2.24, 2.45) is 0 Å². The van der Waals surface area contributed by atoms with E-state index in [1.807, 2.05) is 24.3 Å².